The summed E-state index contributed by atoms with van der Waals surface area (Å²) in [6.07, 6.45) is 0.973. The van der Waals surface area contributed by atoms with Crippen LogP contribution in [0.3, 0.4) is 0 Å². The van der Waals surface area contributed by atoms with Gasteiger partial charge in [-0.25, -0.2) is 0 Å². The second-order valence-corrected chi connectivity index (χ2v) is 4.91. The van der Waals surface area contributed by atoms with E-state index in [0.29, 0.717) is 21.7 Å². The largest absolute Gasteiger partial charge is 0.337 e. The second-order valence-electron chi connectivity index (χ2n) is 4.13. The molecule has 3 nitrogen and oxygen atoms in total. The van der Waals surface area contributed by atoms with Crippen molar-refractivity contribution in [2.75, 3.05) is 20.1 Å². The molecule has 1 atom stereocenters. The van der Waals surface area contributed by atoms with Gasteiger partial charge in [0.15, 0.2) is 0 Å². The number of nitrogens with one attached hydrogen (secondary N) is 1. The van der Waals surface area contributed by atoms with E-state index in [0.717, 1.165) is 19.5 Å². The molecule has 92 valence electrons. The highest BCUT2D eigenvalue weighted by atomic mass is 35.5. The summed E-state index contributed by atoms with van der Waals surface area (Å²) in [5, 5.41) is 3.93. The molecule has 17 heavy (non-hydrogen) atoms. The lowest BCUT2D eigenvalue weighted by Gasteiger charge is -2.17. The molecule has 1 fully saturated rings. The lowest BCUT2D eigenvalue weighted by atomic mass is 10.2. The van der Waals surface area contributed by atoms with Crippen molar-refractivity contribution in [3.8, 4) is 0 Å². The van der Waals surface area contributed by atoms with Crippen LogP contribution in [0.5, 0.6) is 0 Å². The van der Waals surface area contributed by atoms with Crippen molar-refractivity contribution in [3.05, 3.63) is 33.8 Å². The molecule has 1 aliphatic heterocycles. The predicted octanol–water partition coefficient (Wildman–Crippen LogP) is 2.43. The van der Waals surface area contributed by atoms with Crippen LogP contribution in [-0.2, 0) is 0 Å². The summed E-state index contributed by atoms with van der Waals surface area (Å²) in [6.45, 7) is 1.48. The summed E-state index contributed by atoms with van der Waals surface area (Å²) in [5.41, 5.74) is 0.482. The topological polar surface area (TPSA) is 32.3 Å². The number of carbonyl (C=O) groups is 1. The van der Waals surface area contributed by atoms with Crippen LogP contribution in [-0.4, -0.2) is 37.0 Å². The maximum Gasteiger partial charge on any atom is 0.255 e. The Morgan fingerprint density at radius 2 is 2.24 bits per heavy atom. The van der Waals surface area contributed by atoms with Crippen LogP contribution < -0.4 is 5.32 Å². The monoisotopic (exact) mass is 272 g/mol. The Bertz CT molecular complexity index is 437. The van der Waals surface area contributed by atoms with E-state index in [2.05, 4.69) is 5.32 Å². The molecule has 1 heterocycles. The number of halogens is 2. The highest BCUT2D eigenvalue weighted by Crippen LogP contribution is 2.27. The molecule has 1 unspecified atom stereocenters. The number of benzene rings is 1. The third kappa shape index (κ3) is 2.57. The van der Waals surface area contributed by atoms with Gasteiger partial charge in [0.1, 0.15) is 0 Å². The maximum atomic E-state index is 12.2. The molecule has 1 saturated heterocycles. The Labute approximate surface area is 111 Å². The van der Waals surface area contributed by atoms with Crippen LogP contribution in [0.15, 0.2) is 18.2 Å². The SMILES string of the molecule is CNC1CCN(C(=O)c2cccc(Cl)c2Cl)C1. The Morgan fingerprint density at radius 1 is 1.47 bits per heavy atom. The molecule has 0 saturated carbocycles. The normalized spacial score (nSPS) is 19.7. The number of hydrogen-bond acceptors (Lipinski definition) is 2. The molecule has 1 aromatic carbocycles. The van der Waals surface area contributed by atoms with Crippen molar-refractivity contribution in [2.45, 2.75) is 12.5 Å². The van der Waals surface area contributed by atoms with Crippen molar-refractivity contribution in [1.82, 2.24) is 10.2 Å². The molecule has 5 heteroatoms. The Kier molecular flexibility index (Phi) is 3.92. The van der Waals surface area contributed by atoms with E-state index in [4.69, 9.17) is 23.2 Å². The zero-order valence-electron chi connectivity index (χ0n) is 9.54. The summed E-state index contributed by atoms with van der Waals surface area (Å²) in [7, 11) is 1.91. The number of rotatable bonds is 2. The molecule has 1 aromatic rings. The lowest BCUT2D eigenvalue weighted by molar-refractivity contribution is 0.0790. The smallest absolute Gasteiger partial charge is 0.255 e. The summed E-state index contributed by atoms with van der Waals surface area (Å²) in [5.74, 6) is -0.0461. The lowest BCUT2D eigenvalue weighted by Crippen LogP contribution is -2.33. The van der Waals surface area contributed by atoms with E-state index >= 15 is 0 Å². The fourth-order valence-corrected chi connectivity index (χ4v) is 2.40. The third-order valence-electron chi connectivity index (χ3n) is 3.07. The first-order chi connectivity index (χ1) is 8.13. The molecule has 1 aliphatic rings. The summed E-state index contributed by atoms with van der Waals surface area (Å²) < 4.78 is 0. The van der Waals surface area contributed by atoms with E-state index in [1.165, 1.54) is 0 Å². The van der Waals surface area contributed by atoms with E-state index < -0.39 is 0 Å². The minimum Gasteiger partial charge on any atom is -0.337 e. The zero-order chi connectivity index (χ0) is 12.4. The van der Waals surface area contributed by atoms with Gasteiger partial charge in [-0.15, -0.1) is 0 Å². The fraction of sp³-hybridized carbons (Fsp3) is 0.417. The van der Waals surface area contributed by atoms with Crippen molar-refractivity contribution >= 4 is 29.1 Å². The van der Waals surface area contributed by atoms with Crippen LogP contribution in [0.1, 0.15) is 16.8 Å². The quantitative estimate of drug-likeness (QED) is 0.897. The number of amides is 1. The van der Waals surface area contributed by atoms with Gasteiger partial charge < -0.3 is 10.2 Å². The minimum absolute atomic E-state index is 0.0461. The molecule has 0 radical (unpaired) electrons. The van der Waals surface area contributed by atoms with Crippen molar-refractivity contribution in [1.29, 1.82) is 0 Å². The molecule has 0 bridgehead atoms. The Morgan fingerprint density at radius 3 is 2.88 bits per heavy atom. The van der Waals surface area contributed by atoms with Gasteiger partial charge in [0.2, 0.25) is 0 Å². The number of carbonyl (C=O) groups excluding carboxylic acids is 1. The van der Waals surface area contributed by atoms with Gasteiger partial charge in [-0.3, -0.25) is 4.79 Å². The van der Waals surface area contributed by atoms with Gasteiger partial charge in [-0.1, -0.05) is 29.3 Å². The maximum absolute atomic E-state index is 12.2. The molecule has 0 aromatic heterocycles. The van der Waals surface area contributed by atoms with Crippen LogP contribution >= 0.6 is 23.2 Å². The van der Waals surface area contributed by atoms with Gasteiger partial charge >= 0.3 is 0 Å². The summed E-state index contributed by atoms with van der Waals surface area (Å²) in [4.78, 5) is 14.0. The zero-order valence-corrected chi connectivity index (χ0v) is 11.1. The van der Waals surface area contributed by atoms with Gasteiger partial charge in [0.25, 0.3) is 5.91 Å². The summed E-state index contributed by atoms with van der Waals surface area (Å²) in [6, 6.07) is 5.51. The van der Waals surface area contributed by atoms with E-state index in [1.807, 2.05) is 7.05 Å². The van der Waals surface area contributed by atoms with Gasteiger partial charge in [-0.2, -0.15) is 0 Å². The van der Waals surface area contributed by atoms with Crippen LogP contribution in [0.2, 0.25) is 10.0 Å². The minimum atomic E-state index is -0.0461. The molecule has 2 rings (SSSR count). The van der Waals surface area contributed by atoms with E-state index in [1.54, 1.807) is 23.1 Å². The Balaban J connectivity index is 2.18. The van der Waals surface area contributed by atoms with Gasteiger partial charge in [0.05, 0.1) is 15.6 Å². The van der Waals surface area contributed by atoms with Crippen molar-refractivity contribution in [3.63, 3.8) is 0 Å². The second kappa shape index (κ2) is 5.25. The van der Waals surface area contributed by atoms with E-state index in [9.17, 15) is 4.79 Å². The number of likely N-dealkylation sites (tertiary alicyclic amines) is 1. The van der Waals surface area contributed by atoms with Crippen LogP contribution in [0, 0.1) is 0 Å². The predicted molar refractivity (Wildman–Crippen MR) is 69.8 cm³/mol. The standard InChI is InChI=1S/C12H14Cl2N2O/c1-15-8-5-6-16(7-8)12(17)9-3-2-4-10(13)11(9)14/h2-4,8,15H,5-7H2,1H3. The molecular formula is C12H14Cl2N2O. The highest BCUT2D eigenvalue weighted by Gasteiger charge is 2.27. The third-order valence-corrected chi connectivity index (χ3v) is 3.88. The van der Waals surface area contributed by atoms with E-state index in [-0.39, 0.29) is 5.91 Å². The van der Waals surface area contributed by atoms with Crippen molar-refractivity contribution < 1.29 is 4.79 Å². The first kappa shape index (κ1) is 12.7. The van der Waals surface area contributed by atoms with Crippen LogP contribution in [0.25, 0.3) is 0 Å². The molecule has 0 spiro atoms. The number of nitrogens with zero attached hydrogens (tertiary/aromatic N) is 1. The average Bonchev–Trinajstić information content (AvgIpc) is 2.80. The Hall–Kier alpha value is -0.770. The highest BCUT2D eigenvalue weighted by molar-refractivity contribution is 6.43. The first-order valence-corrected chi connectivity index (χ1v) is 6.29. The molecule has 1 amide bonds. The number of likely N-dealkylation sites (N-methyl/N-ethyl adjacent to an activating group) is 1. The summed E-state index contributed by atoms with van der Waals surface area (Å²) >= 11 is 11.9. The molecule has 1 N–H and O–H groups in total. The average molecular weight is 273 g/mol. The number of hydrogen-bond donors (Lipinski definition) is 1. The molecule has 0 aliphatic carbocycles. The van der Waals surface area contributed by atoms with Crippen molar-refractivity contribution in [2.24, 2.45) is 0 Å². The molecular weight excluding hydrogens is 259 g/mol. The fourth-order valence-electron chi connectivity index (χ4n) is 2.02. The van der Waals surface area contributed by atoms with Crippen LogP contribution in [0.4, 0.5) is 0 Å². The first-order valence-electron chi connectivity index (χ1n) is 5.54. The van der Waals surface area contributed by atoms with Gasteiger partial charge in [0, 0.05) is 19.1 Å². The van der Waals surface area contributed by atoms with Gasteiger partial charge in [-0.05, 0) is 25.6 Å².